The molecule has 7 heteroatoms. The van der Waals surface area contributed by atoms with Crippen molar-refractivity contribution in [1.82, 2.24) is 15.5 Å². The molecule has 3 heterocycles. The van der Waals surface area contributed by atoms with Gasteiger partial charge in [-0.15, -0.1) is 21.5 Å². The molecule has 4 N–H and O–H groups in total. The van der Waals surface area contributed by atoms with Gasteiger partial charge in [0.25, 0.3) is 5.91 Å². The number of aromatic nitrogens is 2. The van der Waals surface area contributed by atoms with Crippen molar-refractivity contribution >= 4 is 33.1 Å². The number of hydrogen-bond donors (Lipinski definition) is 3. The Kier molecular flexibility index (Phi) is 3.31. The molecule has 1 fully saturated rings. The Balaban J connectivity index is 1.93. The number of hydrogen-bond acceptors (Lipinski definition) is 6. The number of fused-ring (bicyclic) bond motifs is 1. The van der Waals surface area contributed by atoms with Crippen LogP contribution in [0.5, 0.6) is 0 Å². The van der Waals surface area contributed by atoms with Crippen molar-refractivity contribution in [3.63, 3.8) is 0 Å². The van der Waals surface area contributed by atoms with E-state index in [1.807, 2.05) is 11.4 Å². The van der Waals surface area contributed by atoms with Crippen LogP contribution >= 0.6 is 11.3 Å². The first kappa shape index (κ1) is 12.3. The highest BCUT2D eigenvalue weighted by Crippen LogP contribution is 2.28. The second kappa shape index (κ2) is 5.10. The van der Waals surface area contributed by atoms with E-state index in [4.69, 9.17) is 5.73 Å². The van der Waals surface area contributed by atoms with Gasteiger partial charge in [-0.2, -0.15) is 0 Å². The van der Waals surface area contributed by atoms with Crippen molar-refractivity contribution in [2.75, 3.05) is 18.4 Å². The van der Waals surface area contributed by atoms with Crippen LogP contribution in [0.3, 0.4) is 0 Å². The third-order valence-electron chi connectivity index (χ3n) is 3.26. The summed E-state index contributed by atoms with van der Waals surface area (Å²) >= 11 is 1.46. The lowest BCUT2D eigenvalue weighted by Crippen LogP contribution is -2.38. The summed E-state index contributed by atoms with van der Waals surface area (Å²) in [7, 11) is 0. The number of thiophene rings is 1. The van der Waals surface area contributed by atoms with E-state index < -0.39 is 5.91 Å². The molecule has 0 aromatic carbocycles. The first-order chi connectivity index (χ1) is 9.25. The zero-order valence-electron chi connectivity index (χ0n) is 10.3. The van der Waals surface area contributed by atoms with Crippen LogP contribution in [0.25, 0.3) is 10.1 Å². The second-order valence-corrected chi connectivity index (χ2v) is 5.53. The SMILES string of the molecule is NC(=O)c1nnc(NC2CCCNC2)c2ccsc12. The zero-order chi connectivity index (χ0) is 13.2. The molecule has 6 nitrogen and oxygen atoms in total. The van der Waals surface area contributed by atoms with Crippen LogP contribution in [0.15, 0.2) is 11.4 Å². The number of carbonyl (C=O) groups excluding carboxylic acids is 1. The van der Waals surface area contributed by atoms with Crippen LogP contribution in [0.4, 0.5) is 5.82 Å². The maximum atomic E-state index is 11.3. The number of nitrogens with two attached hydrogens (primary N) is 1. The highest BCUT2D eigenvalue weighted by molar-refractivity contribution is 7.17. The maximum Gasteiger partial charge on any atom is 0.270 e. The third kappa shape index (κ3) is 2.39. The van der Waals surface area contributed by atoms with E-state index in [0.29, 0.717) is 6.04 Å². The summed E-state index contributed by atoms with van der Waals surface area (Å²) in [6, 6.07) is 2.30. The van der Waals surface area contributed by atoms with Gasteiger partial charge in [0.2, 0.25) is 0 Å². The number of nitrogens with one attached hydrogen (secondary N) is 2. The fourth-order valence-electron chi connectivity index (χ4n) is 2.31. The molecule has 0 radical (unpaired) electrons. The van der Waals surface area contributed by atoms with Gasteiger partial charge < -0.3 is 16.4 Å². The minimum atomic E-state index is -0.536. The first-order valence-electron chi connectivity index (χ1n) is 6.26. The Labute approximate surface area is 114 Å². The Morgan fingerprint density at radius 3 is 3.16 bits per heavy atom. The maximum absolute atomic E-state index is 11.3. The van der Waals surface area contributed by atoms with Gasteiger partial charge in [0, 0.05) is 18.0 Å². The van der Waals surface area contributed by atoms with Gasteiger partial charge in [-0.3, -0.25) is 4.79 Å². The topological polar surface area (TPSA) is 92.9 Å². The molecule has 0 bridgehead atoms. The summed E-state index contributed by atoms with van der Waals surface area (Å²) in [4.78, 5) is 11.3. The minimum absolute atomic E-state index is 0.248. The van der Waals surface area contributed by atoms with Crippen LogP contribution in [0.1, 0.15) is 23.3 Å². The van der Waals surface area contributed by atoms with Crippen molar-refractivity contribution < 1.29 is 4.79 Å². The van der Waals surface area contributed by atoms with E-state index >= 15 is 0 Å². The molecule has 0 aliphatic carbocycles. The summed E-state index contributed by atoms with van der Waals surface area (Å²) in [5, 5.41) is 17.6. The molecule has 1 amide bonds. The Morgan fingerprint density at radius 2 is 2.42 bits per heavy atom. The third-order valence-corrected chi connectivity index (χ3v) is 4.18. The number of primary amides is 1. The summed E-state index contributed by atoms with van der Waals surface area (Å²) < 4.78 is 0.800. The van der Waals surface area contributed by atoms with Gasteiger partial charge in [0.15, 0.2) is 11.5 Å². The van der Waals surface area contributed by atoms with E-state index in [-0.39, 0.29) is 5.69 Å². The largest absolute Gasteiger partial charge is 0.364 e. The van der Waals surface area contributed by atoms with Gasteiger partial charge in [0.1, 0.15) is 0 Å². The van der Waals surface area contributed by atoms with Gasteiger partial charge in [0.05, 0.1) is 4.70 Å². The number of piperidine rings is 1. The number of carbonyl (C=O) groups is 1. The summed E-state index contributed by atoms with van der Waals surface area (Å²) in [6.45, 7) is 1.99. The Morgan fingerprint density at radius 1 is 1.53 bits per heavy atom. The Hall–Kier alpha value is -1.73. The molecule has 1 unspecified atom stereocenters. The lowest BCUT2D eigenvalue weighted by molar-refractivity contribution is 0.0996. The van der Waals surface area contributed by atoms with Gasteiger partial charge in [-0.1, -0.05) is 0 Å². The highest BCUT2D eigenvalue weighted by Gasteiger charge is 2.18. The van der Waals surface area contributed by atoms with Crippen molar-refractivity contribution in [2.45, 2.75) is 18.9 Å². The smallest absolute Gasteiger partial charge is 0.270 e. The van der Waals surface area contributed by atoms with Crippen LogP contribution < -0.4 is 16.4 Å². The molecule has 1 saturated heterocycles. The van der Waals surface area contributed by atoms with E-state index in [9.17, 15) is 4.79 Å². The van der Waals surface area contributed by atoms with Crippen LogP contribution in [-0.2, 0) is 0 Å². The Bertz CT molecular complexity index is 605. The van der Waals surface area contributed by atoms with Crippen LogP contribution in [-0.4, -0.2) is 35.2 Å². The molecule has 3 rings (SSSR count). The highest BCUT2D eigenvalue weighted by atomic mass is 32.1. The predicted octanol–water partition coefficient (Wildman–Crippen LogP) is 0.954. The molecule has 19 heavy (non-hydrogen) atoms. The predicted molar refractivity (Wildman–Crippen MR) is 75.4 cm³/mol. The monoisotopic (exact) mass is 277 g/mol. The molecule has 100 valence electrons. The molecule has 1 aliphatic rings. The number of nitrogens with zero attached hydrogens (tertiary/aromatic N) is 2. The molecule has 2 aromatic rings. The van der Waals surface area contributed by atoms with Crippen LogP contribution in [0, 0.1) is 0 Å². The molecule has 2 aromatic heterocycles. The molecule has 0 spiro atoms. The van der Waals surface area contributed by atoms with E-state index in [0.717, 1.165) is 41.8 Å². The zero-order valence-corrected chi connectivity index (χ0v) is 11.2. The average molecular weight is 277 g/mol. The van der Waals surface area contributed by atoms with E-state index in [2.05, 4.69) is 20.8 Å². The van der Waals surface area contributed by atoms with Gasteiger partial charge >= 0.3 is 0 Å². The quantitative estimate of drug-likeness (QED) is 0.777. The lowest BCUT2D eigenvalue weighted by Gasteiger charge is -2.24. The van der Waals surface area contributed by atoms with Gasteiger partial charge in [-0.05, 0) is 30.8 Å². The van der Waals surface area contributed by atoms with Crippen molar-refractivity contribution in [1.29, 1.82) is 0 Å². The molecule has 1 atom stereocenters. The second-order valence-electron chi connectivity index (χ2n) is 4.61. The van der Waals surface area contributed by atoms with Crippen LogP contribution in [0.2, 0.25) is 0 Å². The van der Waals surface area contributed by atoms with E-state index in [1.54, 1.807) is 0 Å². The van der Waals surface area contributed by atoms with Gasteiger partial charge in [-0.25, -0.2) is 0 Å². The van der Waals surface area contributed by atoms with E-state index in [1.165, 1.54) is 11.3 Å². The van der Waals surface area contributed by atoms with Crippen molar-refractivity contribution in [2.24, 2.45) is 5.73 Å². The molecular formula is C12H15N5OS. The van der Waals surface area contributed by atoms with Crippen molar-refractivity contribution in [3.05, 3.63) is 17.1 Å². The number of amides is 1. The number of anilines is 1. The fourth-order valence-corrected chi connectivity index (χ4v) is 3.20. The number of rotatable bonds is 3. The summed E-state index contributed by atoms with van der Waals surface area (Å²) in [6.07, 6.45) is 2.26. The lowest BCUT2D eigenvalue weighted by atomic mass is 10.1. The standard InChI is InChI=1S/C12H15N5OS/c13-11(18)9-10-8(3-5-19-10)12(17-16-9)15-7-2-1-4-14-6-7/h3,5,7,14H,1-2,4,6H2,(H2,13,18)(H,15,17). The molecule has 1 aliphatic heterocycles. The molecule has 0 saturated carbocycles. The molecular weight excluding hydrogens is 262 g/mol. The first-order valence-corrected chi connectivity index (χ1v) is 7.14. The van der Waals surface area contributed by atoms with Crippen molar-refractivity contribution in [3.8, 4) is 0 Å². The minimum Gasteiger partial charge on any atom is -0.364 e. The average Bonchev–Trinajstić information content (AvgIpc) is 2.89. The summed E-state index contributed by atoms with van der Waals surface area (Å²) in [5.74, 6) is 0.195. The summed E-state index contributed by atoms with van der Waals surface area (Å²) in [5.41, 5.74) is 5.56. The fraction of sp³-hybridized carbons (Fsp3) is 0.417. The normalized spacial score (nSPS) is 19.5.